The Morgan fingerprint density at radius 1 is 1.00 bits per heavy atom. The van der Waals surface area contributed by atoms with Gasteiger partial charge in [-0.1, -0.05) is 34.5 Å². The van der Waals surface area contributed by atoms with Crippen molar-refractivity contribution in [2.24, 2.45) is 17.8 Å². The maximum absolute atomic E-state index is 6.39. The van der Waals surface area contributed by atoms with Crippen molar-refractivity contribution in [2.45, 2.75) is 43.9 Å². The van der Waals surface area contributed by atoms with E-state index < -0.39 is 0 Å². The third kappa shape index (κ3) is 2.23. The van der Waals surface area contributed by atoms with Crippen LogP contribution in [0.2, 0.25) is 10.0 Å². The quantitative estimate of drug-likeness (QED) is 0.555. The van der Waals surface area contributed by atoms with Crippen molar-refractivity contribution in [3.05, 3.63) is 33.3 Å². The van der Waals surface area contributed by atoms with Crippen LogP contribution in [-0.4, -0.2) is 19.8 Å². The van der Waals surface area contributed by atoms with Crippen molar-refractivity contribution in [1.29, 1.82) is 0 Å². The fraction of sp³-hybridized carbons (Fsp3) is 0.526. The molecular weight excluding hydrogens is 387 g/mol. The molecule has 134 valence electrons. The van der Waals surface area contributed by atoms with Gasteiger partial charge in [0, 0.05) is 16.0 Å². The Hall–Kier alpha value is -1.17. The summed E-state index contributed by atoms with van der Waals surface area (Å²) < 4.78 is 1.88. The molecule has 26 heavy (non-hydrogen) atoms. The summed E-state index contributed by atoms with van der Waals surface area (Å²) in [6, 6.07) is 5.47. The van der Waals surface area contributed by atoms with Crippen molar-refractivity contribution in [1.82, 2.24) is 19.8 Å². The predicted molar refractivity (Wildman–Crippen MR) is 104 cm³/mol. The van der Waals surface area contributed by atoms with E-state index >= 15 is 0 Å². The van der Waals surface area contributed by atoms with Crippen LogP contribution in [0.5, 0.6) is 0 Å². The van der Waals surface area contributed by atoms with Crippen molar-refractivity contribution < 1.29 is 0 Å². The summed E-state index contributed by atoms with van der Waals surface area (Å²) in [5.74, 6) is 3.41. The Morgan fingerprint density at radius 3 is 2.35 bits per heavy atom. The first-order valence-corrected chi connectivity index (χ1v) is 10.8. The average Bonchev–Trinajstić information content (AvgIpc) is 3.15. The van der Waals surface area contributed by atoms with E-state index in [0.29, 0.717) is 15.9 Å². The summed E-state index contributed by atoms with van der Waals surface area (Å²) in [4.78, 5) is 0.858. The molecule has 1 aromatic carbocycles. The molecule has 0 saturated heterocycles. The Balaban J connectivity index is 1.46. The van der Waals surface area contributed by atoms with Crippen LogP contribution in [0.15, 0.2) is 18.2 Å². The van der Waals surface area contributed by atoms with Crippen LogP contribution < -0.4 is 0 Å². The molecule has 0 spiro atoms. The lowest BCUT2D eigenvalue weighted by Crippen LogP contribution is -2.48. The molecule has 4 aliphatic carbocycles. The van der Waals surface area contributed by atoms with Crippen molar-refractivity contribution in [3.8, 4) is 11.4 Å². The third-order valence-electron chi connectivity index (χ3n) is 6.65. The Bertz CT molecular complexity index is 989. The molecule has 0 aliphatic heterocycles. The van der Waals surface area contributed by atoms with E-state index in [9.17, 15) is 0 Å². The van der Waals surface area contributed by atoms with Gasteiger partial charge in [-0.3, -0.25) is 0 Å². The highest BCUT2D eigenvalue weighted by Crippen LogP contribution is 2.61. The molecule has 4 fully saturated rings. The first kappa shape index (κ1) is 15.8. The van der Waals surface area contributed by atoms with Crippen LogP contribution in [-0.2, 0) is 5.41 Å². The molecule has 4 aliphatic rings. The topological polar surface area (TPSA) is 43.1 Å². The minimum absolute atomic E-state index is 0.279. The number of fused-ring (bicyclic) bond motifs is 1. The maximum atomic E-state index is 6.39. The normalized spacial score (nSPS) is 32.6. The monoisotopic (exact) mass is 404 g/mol. The first-order valence-electron chi connectivity index (χ1n) is 9.28. The fourth-order valence-corrected chi connectivity index (χ4v) is 7.59. The highest BCUT2D eigenvalue weighted by atomic mass is 35.5. The zero-order valence-corrected chi connectivity index (χ0v) is 16.5. The average molecular weight is 405 g/mol. The van der Waals surface area contributed by atoms with Crippen LogP contribution in [0, 0.1) is 17.8 Å². The largest absolute Gasteiger partial charge is 0.234 e. The zero-order chi connectivity index (χ0) is 17.5. The van der Waals surface area contributed by atoms with Crippen molar-refractivity contribution in [2.75, 3.05) is 0 Å². The van der Waals surface area contributed by atoms with E-state index in [2.05, 4.69) is 10.2 Å². The van der Waals surface area contributed by atoms with E-state index in [4.69, 9.17) is 28.3 Å². The molecule has 2 aromatic heterocycles. The molecule has 4 bridgehead atoms. The van der Waals surface area contributed by atoms with Crippen LogP contribution in [0.25, 0.3) is 16.3 Å². The summed E-state index contributed by atoms with van der Waals surface area (Å²) in [7, 11) is 0. The van der Waals surface area contributed by atoms with Gasteiger partial charge in [0.05, 0.1) is 5.02 Å². The first-order chi connectivity index (χ1) is 12.6. The molecule has 3 aromatic rings. The van der Waals surface area contributed by atoms with Gasteiger partial charge in [0.25, 0.3) is 0 Å². The summed E-state index contributed by atoms with van der Waals surface area (Å²) in [6.07, 6.45) is 8.24. The van der Waals surface area contributed by atoms with E-state index in [1.165, 1.54) is 43.5 Å². The van der Waals surface area contributed by atoms with E-state index in [1.54, 1.807) is 17.4 Å². The van der Waals surface area contributed by atoms with E-state index in [-0.39, 0.29) is 5.41 Å². The highest BCUT2D eigenvalue weighted by Gasteiger charge is 2.53. The molecule has 7 heteroatoms. The summed E-state index contributed by atoms with van der Waals surface area (Å²) in [5.41, 5.74) is 1.10. The molecule has 4 nitrogen and oxygen atoms in total. The van der Waals surface area contributed by atoms with Crippen LogP contribution in [0.1, 0.15) is 43.5 Å². The van der Waals surface area contributed by atoms with Crippen LogP contribution >= 0.6 is 34.5 Å². The minimum atomic E-state index is 0.279. The number of rotatable bonds is 2. The molecule has 0 radical (unpaired) electrons. The molecule has 4 saturated carbocycles. The van der Waals surface area contributed by atoms with Gasteiger partial charge in [-0.25, -0.2) is 0 Å². The van der Waals surface area contributed by atoms with Gasteiger partial charge in [-0.2, -0.15) is 9.61 Å². The number of halogens is 2. The molecule has 0 atom stereocenters. The minimum Gasteiger partial charge on any atom is -0.183 e. The molecule has 0 unspecified atom stereocenters. The molecular formula is C19H18Cl2N4S. The lowest BCUT2D eigenvalue weighted by Gasteiger charge is -2.55. The highest BCUT2D eigenvalue weighted by molar-refractivity contribution is 7.16. The van der Waals surface area contributed by atoms with Gasteiger partial charge >= 0.3 is 0 Å². The standard InChI is InChI=1S/C19H18Cl2N4S/c20-13-1-2-14(15(21)6-13)16-22-23-18-25(16)24-17(26-18)19-7-10-3-11(8-19)5-12(4-10)9-19/h1-2,6,10-12H,3-5,7-9H2. The maximum Gasteiger partial charge on any atom is 0.234 e. The molecule has 0 amide bonds. The van der Waals surface area contributed by atoms with Crippen LogP contribution in [0.3, 0.4) is 0 Å². The van der Waals surface area contributed by atoms with Crippen LogP contribution in [0.4, 0.5) is 0 Å². The Kier molecular flexibility index (Phi) is 3.31. The molecule has 0 N–H and O–H groups in total. The second-order valence-electron chi connectivity index (χ2n) is 8.45. The lowest BCUT2D eigenvalue weighted by atomic mass is 9.50. The lowest BCUT2D eigenvalue weighted by molar-refractivity contribution is -0.00565. The Morgan fingerprint density at radius 2 is 1.69 bits per heavy atom. The number of aromatic nitrogens is 4. The number of hydrogen-bond acceptors (Lipinski definition) is 4. The smallest absolute Gasteiger partial charge is 0.183 e. The number of nitrogens with zero attached hydrogens (tertiary/aromatic N) is 4. The van der Waals surface area contributed by atoms with Gasteiger partial charge in [0.1, 0.15) is 5.01 Å². The second kappa shape index (κ2) is 5.43. The predicted octanol–water partition coefficient (Wildman–Crippen LogP) is 5.63. The van der Waals surface area contributed by atoms with Gasteiger partial charge in [0.2, 0.25) is 4.96 Å². The molecule has 2 heterocycles. The number of hydrogen-bond donors (Lipinski definition) is 0. The van der Waals surface area contributed by atoms with Gasteiger partial charge in [0.15, 0.2) is 5.82 Å². The van der Waals surface area contributed by atoms with E-state index in [0.717, 1.165) is 28.3 Å². The van der Waals surface area contributed by atoms with Gasteiger partial charge in [-0.05, 0) is 74.5 Å². The van der Waals surface area contributed by atoms with Crippen molar-refractivity contribution in [3.63, 3.8) is 0 Å². The zero-order valence-electron chi connectivity index (χ0n) is 14.2. The SMILES string of the molecule is Clc1ccc(-c2nnc3sc(C45CC6CC(CC(C6)C4)C5)nn23)c(Cl)c1. The second-order valence-corrected chi connectivity index (χ2v) is 10.2. The molecule has 7 rings (SSSR count). The summed E-state index contributed by atoms with van der Waals surface area (Å²) in [6.45, 7) is 0. The summed E-state index contributed by atoms with van der Waals surface area (Å²) in [5, 5.41) is 16.2. The third-order valence-corrected chi connectivity index (χ3v) is 8.35. The number of benzene rings is 1. The van der Waals surface area contributed by atoms with Gasteiger partial charge in [-0.15, -0.1) is 10.2 Å². The fourth-order valence-electron chi connectivity index (χ4n) is 6.04. The van der Waals surface area contributed by atoms with Crippen molar-refractivity contribution >= 4 is 39.5 Å². The van der Waals surface area contributed by atoms with Gasteiger partial charge < -0.3 is 0 Å². The summed E-state index contributed by atoms with van der Waals surface area (Å²) >= 11 is 14.2. The Labute approximate surface area is 165 Å². The van der Waals surface area contributed by atoms with E-state index in [1.807, 2.05) is 16.6 Å².